The maximum absolute atomic E-state index is 5.98. The molecular formula is C70H70N10O3S2. The zero-order valence-electron chi connectivity index (χ0n) is 49.9. The second kappa shape index (κ2) is 19.4. The third-order valence-corrected chi connectivity index (χ3v) is 22.1. The Hall–Kier alpha value is -8.66. The summed E-state index contributed by atoms with van der Waals surface area (Å²) in [5, 5.41) is 9.18. The number of rotatable bonds is 0. The second-order valence-corrected chi connectivity index (χ2v) is 26.5. The van der Waals surface area contributed by atoms with Gasteiger partial charge in [-0.25, -0.2) is 0 Å². The fourth-order valence-corrected chi connectivity index (χ4v) is 17.0. The van der Waals surface area contributed by atoms with Gasteiger partial charge in [-0.05, 0) is 93.6 Å². The van der Waals surface area contributed by atoms with Gasteiger partial charge in [0.15, 0.2) is 0 Å². The minimum absolute atomic E-state index is 0.411. The van der Waals surface area contributed by atoms with Gasteiger partial charge in [-0.15, -0.1) is 22.7 Å². The summed E-state index contributed by atoms with van der Waals surface area (Å²) in [6.45, 7) is 10.8. The van der Waals surface area contributed by atoms with E-state index in [0.29, 0.717) is 30.8 Å². The molecule has 0 saturated heterocycles. The third-order valence-electron chi connectivity index (χ3n) is 19.7. The van der Waals surface area contributed by atoms with Gasteiger partial charge in [0.1, 0.15) is 52.8 Å². The lowest BCUT2D eigenvalue weighted by atomic mass is 10.1. The van der Waals surface area contributed by atoms with Gasteiger partial charge in [-0.3, -0.25) is 4.90 Å². The van der Waals surface area contributed by atoms with Gasteiger partial charge >= 0.3 is 0 Å². The van der Waals surface area contributed by atoms with Crippen molar-refractivity contribution in [3.05, 3.63) is 209 Å². The predicted molar refractivity (Wildman–Crippen MR) is 350 cm³/mol. The highest BCUT2D eigenvalue weighted by Gasteiger charge is 2.43. The van der Waals surface area contributed by atoms with Crippen LogP contribution in [0.15, 0.2) is 194 Å². The van der Waals surface area contributed by atoms with Gasteiger partial charge in [0.2, 0.25) is 5.88 Å². The van der Waals surface area contributed by atoms with E-state index >= 15 is 0 Å². The van der Waals surface area contributed by atoms with Crippen molar-refractivity contribution >= 4 is 104 Å². The maximum Gasteiger partial charge on any atom is 0.205 e. The topological polar surface area (TPSA) is 71.8 Å². The summed E-state index contributed by atoms with van der Waals surface area (Å²) < 4.78 is 20.0. The first-order valence-electron chi connectivity index (χ1n) is 29.7. The van der Waals surface area contributed by atoms with Crippen LogP contribution in [-0.2, 0) is 32.1 Å². The largest absolute Gasteiger partial charge is 0.471 e. The van der Waals surface area contributed by atoms with E-state index in [9.17, 15) is 0 Å². The Morgan fingerprint density at radius 2 is 0.894 bits per heavy atom. The van der Waals surface area contributed by atoms with E-state index in [4.69, 9.17) is 13.3 Å². The molecule has 5 atom stereocenters. The van der Waals surface area contributed by atoms with Gasteiger partial charge in [-0.2, -0.15) is 0 Å². The van der Waals surface area contributed by atoms with E-state index < -0.39 is 0 Å². The number of para-hydroxylation sites is 2. The van der Waals surface area contributed by atoms with Crippen molar-refractivity contribution in [1.29, 1.82) is 0 Å². The zero-order valence-corrected chi connectivity index (χ0v) is 51.5. The number of benzene rings is 5. The van der Waals surface area contributed by atoms with Crippen molar-refractivity contribution in [2.24, 2.45) is 0 Å². The molecule has 5 aromatic heterocycles. The summed E-state index contributed by atoms with van der Waals surface area (Å²) in [5.41, 5.74) is 17.0. The number of likely N-dealkylation sites (N-methyl/N-ethyl adjacent to an activating group) is 5. The van der Waals surface area contributed by atoms with E-state index in [1.165, 1.54) is 114 Å². The fraction of sp³-hybridized carbons (Fsp3) is 0.286. The van der Waals surface area contributed by atoms with Crippen LogP contribution in [0.1, 0.15) is 61.9 Å². The molecule has 20 rings (SSSR count). The van der Waals surface area contributed by atoms with Crippen molar-refractivity contribution in [2.45, 2.75) is 97.6 Å². The molecule has 430 valence electrons. The highest BCUT2D eigenvalue weighted by molar-refractivity contribution is 7.23. The van der Waals surface area contributed by atoms with Crippen molar-refractivity contribution in [1.82, 2.24) is 24.5 Å². The summed E-state index contributed by atoms with van der Waals surface area (Å²) >= 11 is 3.87. The summed E-state index contributed by atoms with van der Waals surface area (Å²) in [6, 6.07) is 38.5. The monoisotopic (exact) mass is 1160 g/mol. The van der Waals surface area contributed by atoms with Gasteiger partial charge in [0, 0.05) is 179 Å². The molecule has 15 heterocycles. The van der Waals surface area contributed by atoms with Crippen molar-refractivity contribution < 1.29 is 13.3 Å². The molecule has 0 spiro atoms. The van der Waals surface area contributed by atoms with Crippen LogP contribution in [0.3, 0.4) is 0 Å². The highest BCUT2D eigenvalue weighted by Crippen LogP contribution is 2.51. The number of thiophene rings is 2. The van der Waals surface area contributed by atoms with Crippen LogP contribution in [-0.4, -0.2) is 90.6 Å². The Bertz CT molecular complexity index is 4240. The van der Waals surface area contributed by atoms with E-state index in [-0.39, 0.29) is 0 Å². The molecule has 0 aliphatic carbocycles. The molecule has 85 heavy (non-hydrogen) atoms. The number of allylic oxidation sites excluding steroid dienone is 5. The van der Waals surface area contributed by atoms with E-state index in [1.54, 1.807) is 0 Å². The number of fused-ring (bicyclic) bond motifs is 24. The first-order valence-corrected chi connectivity index (χ1v) is 31.4. The maximum atomic E-state index is 5.98. The van der Waals surface area contributed by atoms with Crippen molar-refractivity contribution in [2.75, 3.05) is 59.7 Å². The minimum Gasteiger partial charge on any atom is -0.471 e. The number of anilines is 5. The SMILES string of the molecule is CC1=CN2c3c(oc4ccccc34)CC2N1C.CC1=CN2c3c(sc4ccccc34)CC2N1C.CC1=CN2c3cc4cocc4cc3CC2N1C.CC1=CN2c3oc4ccccc4c3CC2N1C.CC1=CN2c3sc4ccccc4c3CC2N1C. The van der Waals surface area contributed by atoms with Crippen LogP contribution in [0.4, 0.5) is 27.9 Å². The lowest BCUT2D eigenvalue weighted by Gasteiger charge is -2.25. The summed E-state index contributed by atoms with van der Waals surface area (Å²) in [7, 11) is 10.8. The van der Waals surface area contributed by atoms with Crippen molar-refractivity contribution in [3.63, 3.8) is 0 Å². The Morgan fingerprint density at radius 3 is 1.58 bits per heavy atom. The molecule has 5 aromatic carbocycles. The molecule has 10 aromatic rings. The Labute approximate surface area is 504 Å². The third kappa shape index (κ3) is 7.98. The molecule has 0 bridgehead atoms. The van der Waals surface area contributed by atoms with Crippen LogP contribution in [0.5, 0.6) is 0 Å². The quantitative estimate of drug-likeness (QED) is 0.145. The van der Waals surface area contributed by atoms with Gasteiger partial charge in [-0.1, -0.05) is 66.7 Å². The number of nitrogens with zero attached hydrogens (tertiary/aromatic N) is 10. The standard InChI is InChI=1S/3C14H14N2O.2C14H14N2S/c1-9-6-16-13-4-12-8-17-7-11(12)3-10(13)5-14(16)15(9)2;1-9-8-16-13(15(9)2)7-11-10-5-3-4-6-12(10)17-14(11)16;1-9-8-16-13(15(9)2)7-12-14(16)10-5-3-4-6-11(10)17-12;1-9-8-16-13(15(9)2)7-11-10-5-3-4-6-12(10)17-14(11)16;1-9-8-16-13(15(9)2)7-12-14(16)10-5-3-4-6-11(10)17-12/h3-4,6-8,14H,5H2,1-2H3;4*3-6,8,13H,7H2,1-2H3. The molecule has 15 heteroatoms. The van der Waals surface area contributed by atoms with E-state index in [2.05, 4.69) is 235 Å². The van der Waals surface area contributed by atoms with Crippen molar-refractivity contribution in [3.8, 4) is 0 Å². The molecule has 5 unspecified atom stereocenters. The summed E-state index contributed by atoms with van der Waals surface area (Å²) in [5.74, 6) is 2.15. The van der Waals surface area contributed by atoms with Crippen LogP contribution < -0.4 is 24.5 Å². The number of hydrogen-bond donors (Lipinski definition) is 0. The average Bonchev–Trinajstić information content (AvgIpc) is 1.95. The molecule has 0 saturated carbocycles. The number of hydrogen-bond acceptors (Lipinski definition) is 15. The molecular weight excluding hydrogens is 1090 g/mol. The Kier molecular flexibility index (Phi) is 11.9. The van der Waals surface area contributed by atoms with Crippen LogP contribution in [0.25, 0.3) is 52.9 Å². The molecule has 13 nitrogen and oxygen atoms in total. The Balaban J connectivity index is 0.0000000865. The molecule has 10 aliphatic rings. The first kappa shape index (κ1) is 51.9. The normalized spacial score (nSPS) is 22.0. The van der Waals surface area contributed by atoms with Gasteiger partial charge in [0.05, 0.1) is 23.9 Å². The first-order chi connectivity index (χ1) is 41.3. The number of furan rings is 3. The van der Waals surface area contributed by atoms with Gasteiger partial charge < -0.3 is 57.4 Å². The Morgan fingerprint density at radius 1 is 0.412 bits per heavy atom. The fourth-order valence-electron chi connectivity index (χ4n) is 14.6. The predicted octanol–water partition coefficient (Wildman–Crippen LogP) is 15.6. The highest BCUT2D eigenvalue weighted by atomic mass is 32.1. The zero-order chi connectivity index (χ0) is 57.8. The molecule has 0 amide bonds. The molecule has 0 N–H and O–H groups in total. The van der Waals surface area contributed by atoms with Crippen LogP contribution in [0.2, 0.25) is 0 Å². The summed E-state index contributed by atoms with van der Waals surface area (Å²) in [6.07, 6.45) is 22.6. The molecule has 0 radical (unpaired) electrons. The lowest BCUT2D eigenvalue weighted by molar-refractivity contribution is 0.334. The van der Waals surface area contributed by atoms with Crippen LogP contribution >= 0.6 is 22.7 Å². The van der Waals surface area contributed by atoms with Gasteiger partial charge in [0.25, 0.3) is 0 Å². The molecule has 10 aliphatic heterocycles. The van der Waals surface area contributed by atoms with Crippen LogP contribution in [0, 0.1) is 0 Å². The van der Waals surface area contributed by atoms with E-state index in [1.807, 2.05) is 59.5 Å². The van der Waals surface area contributed by atoms with E-state index in [0.717, 1.165) is 54.9 Å². The molecule has 0 fully saturated rings. The minimum atomic E-state index is 0.411. The lowest BCUT2D eigenvalue weighted by Crippen LogP contribution is -2.34. The summed E-state index contributed by atoms with van der Waals surface area (Å²) in [4.78, 5) is 25.1. The second-order valence-electron chi connectivity index (χ2n) is 24.4. The smallest absolute Gasteiger partial charge is 0.205 e. The average molecular weight is 1160 g/mol.